The second-order valence-electron chi connectivity index (χ2n) is 5.58. The first-order valence-corrected chi connectivity index (χ1v) is 8.73. The molecule has 4 nitrogen and oxygen atoms in total. The van der Waals surface area contributed by atoms with Crippen LogP contribution in [-0.2, 0) is 4.79 Å². The van der Waals surface area contributed by atoms with Crippen molar-refractivity contribution in [3.8, 4) is 5.75 Å². The Morgan fingerprint density at radius 3 is 2.95 bits per heavy atom. The van der Waals surface area contributed by atoms with Crippen LogP contribution in [0.1, 0.15) is 19.3 Å². The van der Waals surface area contributed by atoms with E-state index in [1.807, 2.05) is 40.9 Å². The molecule has 2 aliphatic rings. The Labute approximate surface area is 130 Å². The van der Waals surface area contributed by atoms with Crippen LogP contribution in [0.4, 0.5) is 5.69 Å². The molecule has 0 aromatic heterocycles. The lowest BCUT2D eigenvalue weighted by molar-refractivity contribution is -0.122. The molecule has 1 aromatic rings. The highest BCUT2D eigenvalue weighted by atomic mass is 32.2. The second-order valence-corrected chi connectivity index (χ2v) is 6.73. The number of amides is 1. The van der Waals surface area contributed by atoms with Crippen LogP contribution >= 0.6 is 11.8 Å². The first-order valence-electron chi connectivity index (χ1n) is 7.58. The van der Waals surface area contributed by atoms with Gasteiger partial charge in [-0.3, -0.25) is 4.79 Å². The molecule has 5 heteroatoms. The summed E-state index contributed by atoms with van der Waals surface area (Å²) in [4.78, 5) is 14.7. The number of carbonyl (C=O) groups excluding carboxylic acids is 1. The van der Waals surface area contributed by atoms with E-state index in [9.17, 15) is 4.79 Å². The van der Waals surface area contributed by atoms with Gasteiger partial charge in [0, 0.05) is 18.3 Å². The minimum absolute atomic E-state index is 0.0487. The van der Waals surface area contributed by atoms with Gasteiger partial charge in [0.1, 0.15) is 5.75 Å². The van der Waals surface area contributed by atoms with Crippen molar-refractivity contribution >= 4 is 23.4 Å². The Balaban J connectivity index is 1.74. The number of anilines is 1. The Morgan fingerprint density at radius 1 is 1.33 bits per heavy atom. The average Bonchev–Trinajstić information content (AvgIpc) is 3.02. The molecule has 0 aliphatic carbocycles. The van der Waals surface area contributed by atoms with E-state index in [1.54, 1.807) is 7.11 Å². The van der Waals surface area contributed by atoms with Crippen LogP contribution in [0.5, 0.6) is 5.75 Å². The number of thioether (sulfide) groups is 1. The Kier molecular flexibility index (Phi) is 4.70. The maximum atomic E-state index is 12.8. The smallest absolute Gasteiger partial charge is 0.244 e. The number of methoxy groups -OCH3 is 1. The van der Waals surface area contributed by atoms with Crippen molar-refractivity contribution in [2.45, 2.75) is 31.3 Å². The van der Waals surface area contributed by atoms with E-state index in [0.29, 0.717) is 6.04 Å². The number of piperidine rings is 1. The van der Waals surface area contributed by atoms with E-state index in [2.05, 4.69) is 5.32 Å². The normalized spacial score (nSPS) is 26.1. The molecule has 1 aromatic carbocycles. The van der Waals surface area contributed by atoms with Crippen LogP contribution in [0, 0.1) is 0 Å². The van der Waals surface area contributed by atoms with E-state index in [0.717, 1.165) is 36.6 Å². The SMILES string of the molecule is COc1ccccc1N1CCC[C@H](N[C@H]2CCSC2)C1=O. The first kappa shape index (κ1) is 14.7. The van der Waals surface area contributed by atoms with Crippen molar-refractivity contribution in [1.29, 1.82) is 0 Å². The summed E-state index contributed by atoms with van der Waals surface area (Å²) in [7, 11) is 1.65. The number of carbonyl (C=O) groups is 1. The van der Waals surface area contributed by atoms with Gasteiger partial charge in [-0.05, 0) is 37.1 Å². The lowest BCUT2D eigenvalue weighted by atomic mass is 10.0. The summed E-state index contributed by atoms with van der Waals surface area (Å²) in [6, 6.07) is 8.20. The lowest BCUT2D eigenvalue weighted by Gasteiger charge is -2.34. The van der Waals surface area contributed by atoms with Gasteiger partial charge in [-0.25, -0.2) is 0 Å². The molecule has 1 amide bonds. The molecular weight excluding hydrogens is 284 g/mol. The molecule has 0 radical (unpaired) electrons. The highest BCUT2D eigenvalue weighted by Gasteiger charge is 2.32. The number of nitrogens with zero attached hydrogens (tertiary/aromatic N) is 1. The van der Waals surface area contributed by atoms with Gasteiger partial charge >= 0.3 is 0 Å². The number of benzene rings is 1. The van der Waals surface area contributed by atoms with Crippen LogP contribution in [0.2, 0.25) is 0 Å². The molecule has 2 saturated heterocycles. The number of ether oxygens (including phenoxy) is 1. The first-order chi connectivity index (χ1) is 10.3. The Morgan fingerprint density at radius 2 is 2.19 bits per heavy atom. The van der Waals surface area contributed by atoms with Crippen molar-refractivity contribution in [1.82, 2.24) is 5.32 Å². The predicted octanol–water partition coefficient (Wildman–Crippen LogP) is 2.29. The van der Waals surface area contributed by atoms with E-state index >= 15 is 0 Å². The van der Waals surface area contributed by atoms with Crippen molar-refractivity contribution in [3.05, 3.63) is 24.3 Å². The van der Waals surface area contributed by atoms with Crippen LogP contribution in [-0.4, -0.2) is 43.2 Å². The molecular formula is C16H22N2O2S. The summed E-state index contributed by atoms with van der Waals surface area (Å²) >= 11 is 1.97. The fraction of sp³-hybridized carbons (Fsp3) is 0.562. The lowest BCUT2D eigenvalue weighted by Crippen LogP contribution is -2.53. The van der Waals surface area contributed by atoms with Crippen LogP contribution in [0.15, 0.2) is 24.3 Å². The molecule has 0 saturated carbocycles. The summed E-state index contributed by atoms with van der Waals surface area (Å²) in [5, 5.41) is 3.55. The number of nitrogens with one attached hydrogen (secondary N) is 1. The number of para-hydroxylation sites is 2. The monoisotopic (exact) mass is 306 g/mol. The summed E-state index contributed by atoms with van der Waals surface area (Å²) in [6.07, 6.45) is 3.13. The number of hydrogen-bond donors (Lipinski definition) is 1. The standard InChI is InChI=1S/C16H22N2O2S/c1-20-15-7-3-2-6-14(15)18-9-4-5-13(16(18)19)17-12-8-10-21-11-12/h2-3,6-7,12-13,17H,4-5,8-11H2,1H3/t12-,13-/m0/s1. The van der Waals surface area contributed by atoms with Crippen molar-refractivity contribution in [3.63, 3.8) is 0 Å². The third kappa shape index (κ3) is 3.19. The van der Waals surface area contributed by atoms with Gasteiger partial charge in [0.15, 0.2) is 0 Å². The minimum Gasteiger partial charge on any atom is -0.495 e. The molecule has 2 fully saturated rings. The van der Waals surface area contributed by atoms with E-state index in [-0.39, 0.29) is 11.9 Å². The molecule has 2 atom stereocenters. The number of hydrogen-bond acceptors (Lipinski definition) is 4. The zero-order valence-corrected chi connectivity index (χ0v) is 13.2. The molecule has 3 rings (SSSR count). The van der Waals surface area contributed by atoms with Crippen molar-refractivity contribution in [2.75, 3.05) is 30.1 Å². The van der Waals surface area contributed by atoms with Gasteiger partial charge in [-0.15, -0.1) is 0 Å². The third-order valence-electron chi connectivity index (χ3n) is 4.18. The molecule has 2 aliphatic heterocycles. The summed E-state index contributed by atoms with van der Waals surface area (Å²) in [6.45, 7) is 0.775. The van der Waals surface area contributed by atoms with Gasteiger partial charge < -0.3 is 15.0 Å². The highest BCUT2D eigenvalue weighted by Crippen LogP contribution is 2.31. The molecule has 0 spiro atoms. The molecule has 0 bridgehead atoms. The minimum atomic E-state index is -0.0487. The van der Waals surface area contributed by atoms with Crippen LogP contribution < -0.4 is 15.0 Å². The Bertz CT molecular complexity index is 503. The maximum Gasteiger partial charge on any atom is 0.244 e. The zero-order chi connectivity index (χ0) is 14.7. The maximum absolute atomic E-state index is 12.8. The molecule has 21 heavy (non-hydrogen) atoms. The quantitative estimate of drug-likeness (QED) is 0.927. The highest BCUT2D eigenvalue weighted by molar-refractivity contribution is 7.99. The van der Waals surface area contributed by atoms with E-state index < -0.39 is 0 Å². The average molecular weight is 306 g/mol. The Hall–Kier alpha value is -1.20. The molecule has 114 valence electrons. The largest absolute Gasteiger partial charge is 0.495 e. The van der Waals surface area contributed by atoms with Crippen LogP contribution in [0.25, 0.3) is 0 Å². The fourth-order valence-electron chi connectivity index (χ4n) is 3.07. The fourth-order valence-corrected chi connectivity index (χ4v) is 4.24. The predicted molar refractivity (Wildman–Crippen MR) is 87.2 cm³/mol. The third-order valence-corrected chi connectivity index (χ3v) is 5.34. The summed E-state index contributed by atoms with van der Waals surface area (Å²) in [5.74, 6) is 3.28. The van der Waals surface area contributed by atoms with Gasteiger partial charge in [-0.2, -0.15) is 11.8 Å². The summed E-state index contributed by atoms with van der Waals surface area (Å²) < 4.78 is 5.40. The zero-order valence-electron chi connectivity index (χ0n) is 12.4. The van der Waals surface area contributed by atoms with E-state index in [4.69, 9.17) is 4.74 Å². The van der Waals surface area contributed by atoms with Crippen molar-refractivity contribution in [2.24, 2.45) is 0 Å². The van der Waals surface area contributed by atoms with Gasteiger partial charge in [-0.1, -0.05) is 12.1 Å². The van der Waals surface area contributed by atoms with Gasteiger partial charge in [0.2, 0.25) is 5.91 Å². The molecule has 0 unspecified atom stereocenters. The topological polar surface area (TPSA) is 41.6 Å². The van der Waals surface area contributed by atoms with Crippen molar-refractivity contribution < 1.29 is 9.53 Å². The van der Waals surface area contributed by atoms with E-state index in [1.165, 1.54) is 12.2 Å². The molecule has 2 heterocycles. The summed E-state index contributed by atoms with van der Waals surface area (Å²) in [5.41, 5.74) is 0.886. The van der Waals surface area contributed by atoms with Gasteiger partial charge in [0.25, 0.3) is 0 Å². The van der Waals surface area contributed by atoms with Gasteiger partial charge in [0.05, 0.1) is 18.8 Å². The van der Waals surface area contributed by atoms with Crippen LogP contribution in [0.3, 0.4) is 0 Å². The number of rotatable bonds is 4. The second kappa shape index (κ2) is 6.71. The molecule has 1 N–H and O–H groups in total.